The van der Waals surface area contributed by atoms with E-state index in [1.807, 2.05) is 0 Å². The number of ether oxygens (including phenoxy) is 1. The highest BCUT2D eigenvalue weighted by Gasteiger charge is 2.25. The first-order valence-electron chi connectivity index (χ1n) is 2.52. The van der Waals surface area contributed by atoms with Crippen LogP contribution in [-0.2, 0) is 4.74 Å². The highest BCUT2D eigenvalue weighted by molar-refractivity contribution is 14.1. The third-order valence-corrected chi connectivity index (χ3v) is 2.57. The lowest BCUT2D eigenvalue weighted by atomic mass is 10.0. The minimum absolute atomic E-state index is 0.539. The molecule has 1 saturated heterocycles. The summed E-state index contributed by atoms with van der Waals surface area (Å²) < 4.78 is 6.38. The third-order valence-electron chi connectivity index (χ3n) is 1.44. The zero-order valence-corrected chi connectivity index (χ0v) is 6.51. The summed E-state index contributed by atoms with van der Waals surface area (Å²) in [6.07, 6.45) is 0.539. The van der Waals surface area contributed by atoms with Crippen LogP contribution < -0.4 is 0 Å². The van der Waals surface area contributed by atoms with Gasteiger partial charge in [-0.25, -0.2) is 0 Å². The molecule has 42 valence electrons. The molecule has 1 fully saturated rings. The van der Waals surface area contributed by atoms with Crippen molar-refractivity contribution in [2.45, 2.75) is 13.0 Å². The van der Waals surface area contributed by atoms with Crippen LogP contribution in [0.25, 0.3) is 0 Å². The molecule has 0 bridgehead atoms. The maximum atomic E-state index is 5.13. The van der Waals surface area contributed by atoms with E-state index in [9.17, 15) is 0 Å². The Kier molecular flexibility index (Phi) is 1.92. The molecule has 0 aromatic heterocycles. The molecular weight excluding hydrogens is 203 g/mol. The van der Waals surface area contributed by atoms with E-state index in [-0.39, 0.29) is 0 Å². The summed E-state index contributed by atoms with van der Waals surface area (Å²) in [4.78, 5) is 0. The standard InChI is InChI=1S/C5H9IO/c1-4-5(2-6)3-7-4/h4-5H,2-3H2,1H3. The molecule has 1 heterocycles. The fourth-order valence-corrected chi connectivity index (χ4v) is 1.57. The van der Waals surface area contributed by atoms with Gasteiger partial charge in [0.05, 0.1) is 12.7 Å². The minimum Gasteiger partial charge on any atom is -0.378 e. The van der Waals surface area contributed by atoms with Gasteiger partial charge >= 0.3 is 0 Å². The Morgan fingerprint density at radius 3 is 2.57 bits per heavy atom. The Morgan fingerprint density at radius 2 is 2.57 bits per heavy atom. The molecule has 2 unspecified atom stereocenters. The summed E-state index contributed by atoms with van der Waals surface area (Å²) in [5.41, 5.74) is 0. The van der Waals surface area contributed by atoms with Gasteiger partial charge in [-0.3, -0.25) is 0 Å². The van der Waals surface area contributed by atoms with E-state index in [1.54, 1.807) is 0 Å². The maximum absolute atomic E-state index is 5.13. The van der Waals surface area contributed by atoms with Crippen molar-refractivity contribution in [3.8, 4) is 0 Å². The topological polar surface area (TPSA) is 9.23 Å². The molecule has 0 aromatic rings. The van der Waals surface area contributed by atoms with Gasteiger partial charge < -0.3 is 4.74 Å². The van der Waals surface area contributed by atoms with Crippen LogP contribution in [0.5, 0.6) is 0 Å². The van der Waals surface area contributed by atoms with Crippen molar-refractivity contribution in [1.82, 2.24) is 0 Å². The van der Waals surface area contributed by atoms with E-state index in [0.29, 0.717) is 6.10 Å². The molecule has 0 aromatic carbocycles. The predicted molar refractivity (Wildman–Crippen MR) is 37.8 cm³/mol. The molecule has 1 aliphatic heterocycles. The molecule has 2 atom stereocenters. The second-order valence-electron chi connectivity index (χ2n) is 1.95. The van der Waals surface area contributed by atoms with Gasteiger partial charge in [0.1, 0.15) is 0 Å². The molecule has 1 rings (SSSR count). The van der Waals surface area contributed by atoms with Crippen molar-refractivity contribution < 1.29 is 4.74 Å². The normalized spacial score (nSPS) is 40.3. The molecule has 2 heteroatoms. The molecule has 0 aliphatic carbocycles. The van der Waals surface area contributed by atoms with Crippen molar-refractivity contribution in [3.63, 3.8) is 0 Å². The fourth-order valence-electron chi connectivity index (χ4n) is 0.595. The lowest BCUT2D eigenvalue weighted by Gasteiger charge is -2.32. The van der Waals surface area contributed by atoms with E-state index in [0.717, 1.165) is 12.5 Å². The summed E-state index contributed by atoms with van der Waals surface area (Å²) in [6.45, 7) is 3.12. The van der Waals surface area contributed by atoms with Gasteiger partial charge in [-0.05, 0) is 6.92 Å². The van der Waals surface area contributed by atoms with Crippen LogP contribution in [0.1, 0.15) is 6.92 Å². The largest absolute Gasteiger partial charge is 0.378 e. The van der Waals surface area contributed by atoms with E-state index in [1.165, 1.54) is 4.43 Å². The maximum Gasteiger partial charge on any atom is 0.0604 e. The smallest absolute Gasteiger partial charge is 0.0604 e. The van der Waals surface area contributed by atoms with Crippen LogP contribution >= 0.6 is 22.6 Å². The van der Waals surface area contributed by atoms with Crippen molar-refractivity contribution in [3.05, 3.63) is 0 Å². The van der Waals surface area contributed by atoms with E-state index in [4.69, 9.17) is 4.74 Å². The average Bonchev–Trinajstić information content (AvgIpc) is 1.65. The zero-order chi connectivity index (χ0) is 5.28. The second-order valence-corrected chi connectivity index (χ2v) is 2.83. The Labute approximate surface area is 57.6 Å². The van der Waals surface area contributed by atoms with Gasteiger partial charge in [-0.15, -0.1) is 0 Å². The SMILES string of the molecule is CC1OCC1CI. The van der Waals surface area contributed by atoms with Crippen molar-refractivity contribution >= 4 is 22.6 Å². The van der Waals surface area contributed by atoms with Crippen molar-refractivity contribution in [2.75, 3.05) is 11.0 Å². The molecule has 0 N–H and O–H groups in total. The van der Waals surface area contributed by atoms with E-state index in [2.05, 4.69) is 29.5 Å². The highest BCUT2D eigenvalue weighted by Crippen LogP contribution is 2.20. The van der Waals surface area contributed by atoms with Gasteiger partial charge in [-0.2, -0.15) is 0 Å². The molecule has 1 nitrogen and oxygen atoms in total. The molecule has 1 aliphatic rings. The summed E-state index contributed by atoms with van der Waals surface area (Å²) >= 11 is 2.40. The summed E-state index contributed by atoms with van der Waals surface area (Å²) in [7, 11) is 0. The van der Waals surface area contributed by atoms with Crippen molar-refractivity contribution in [1.29, 1.82) is 0 Å². The van der Waals surface area contributed by atoms with Gasteiger partial charge in [0.2, 0.25) is 0 Å². The number of hydrogen-bond acceptors (Lipinski definition) is 1. The number of rotatable bonds is 1. The second kappa shape index (κ2) is 2.31. The van der Waals surface area contributed by atoms with Crippen molar-refractivity contribution in [2.24, 2.45) is 5.92 Å². The third kappa shape index (κ3) is 1.08. The number of hydrogen-bond donors (Lipinski definition) is 0. The first kappa shape index (κ1) is 5.82. The quantitative estimate of drug-likeness (QED) is 0.472. The Hall–Kier alpha value is 0.690. The van der Waals surface area contributed by atoms with Crippen LogP contribution in [0, 0.1) is 5.92 Å². The zero-order valence-electron chi connectivity index (χ0n) is 4.36. The molecule has 0 saturated carbocycles. The van der Waals surface area contributed by atoms with Gasteiger partial charge in [0.25, 0.3) is 0 Å². The van der Waals surface area contributed by atoms with Crippen LogP contribution in [0.15, 0.2) is 0 Å². The van der Waals surface area contributed by atoms with Gasteiger partial charge in [0, 0.05) is 10.3 Å². The first-order chi connectivity index (χ1) is 3.34. The molecule has 7 heavy (non-hydrogen) atoms. The lowest BCUT2D eigenvalue weighted by Crippen LogP contribution is -2.37. The molecule has 0 spiro atoms. The summed E-state index contributed by atoms with van der Waals surface area (Å²) in [6, 6.07) is 0. The Bertz CT molecular complexity index is 63.1. The number of halogens is 1. The predicted octanol–water partition coefficient (Wildman–Crippen LogP) is 1.46. The monoisotopic (exact) mass is 212 g/mol. The summed E-state index contributed by atoms with van der Waals surface area (Å²) in [5, 5.41) is 0. The van der Waals surface area contributed by atoms with Crippen LogP contribution in [-0.4, -0.2) is 17.1 Å². The fraction of sp³-hybridized carbons (Fsp3) is 1.00. The summed E-state index contributed by atoms with van der Waals surface area (Å²) in [5.74, 6) is 0.848. The van der Waals surface area contributed by atoms with Crippen LogP contribution in [0.2, 0.25) is 0 Å². The van der Waals surface area contributed by atoms with Gasteiger partial charge in [-0.1, -0.05) is 22.6 Å². The van der Waals surface area contributed by atoms with E-state index >= 15 is 0 Å². The van der Waals surface area contributed by atoms with Crippen LogP contribution in [0.3, 0.4) is 0 Å². The Balaban J connectivity index is 2.16. The Morgan fingerprint density at radius 1 is 1.86 bits per heavy atom. The highest BCUT2D eigenvalue weighted by atomic mass is 127. The minimum atomic E-state index is 0.539. The van der Waals surface area contributed by atoms with Crippen LogP contribution in [0.4, 0.5) is 0 Å². The number of alkyl halides is 1. The first-order valence-corrected chi connectivity index (χ1v) is 4.04. The van der Waals surface area contributed by atoms with E-state index < -0.39 is 0 Å². The molecule has 0 amide bonds. The molecular formula is C5H9IO. The lowest BCUT2D eigenvalue weighted by molar-refractivity contribution is -0.0901. The van der Waals surface area contributed by atoms with Gasteiger partial charge in [0.15, 0.2) is 0 Å². The molecule has 0 radical (unpaired) electrons. The average molecular weight is 212 g/mol.